The summed E-state index contributed by atoms with van der Waals surface area (Å²) in [6, 6.07) is 0. The predicted molar refractivity (Wildman–Crippen MR) is 66.4 cm³/mol. The molecule has 0 bridgehead atoms. The van der Waals surface area contributed by atoms with E-state index in [0.717, 1.165) is 19.6 Å². The van der Waals surface area contributed by atoms with Crippen LogP contribution in [0.15, 0.2) is 6.58 Å². The smallest absolute Gasteiger partial charge is 0.0812 e. The van der Waals surface area contributed by atoms with Crippen molar-refractivity contribution in [3.8, 4) is 0 Å². The molecule has 0 atom stereocenters. The van der Waals surface area contributed by atoms with Gasteiger partial charge in [-0.3, -0.25) is 0 Å². The van der Waals surface area contributed by atoms with Crippen molar-refractivity contribution in [2.45, 2.75) is 39.7 Å². The molecule has 1 aliphatic heterocycles. The third kappa shape index (κ3) is 2.01. The van der Waals surface area contributed by atoms with E-state index in [9.17, 15) is 0 Å². The number of hydrogen-bond donors (Lipinski definition) is 0. The van der Waals surface area contributed by atoms with Crippen molar-refractivity contribution in [3.63, 3.8) is 0 Å². The van der Waals surface area contributed by atoms with Crippen LogP contribution < -0.4 is 0 Å². The van der Waals surface area contributed by atoms with Crippen LogP contribution in [-0.4, -0.2) is 6.61 Å². The molecule has 1 aromatic rings. The zero-order chi connectivity index (χ0) is 10.8. The molecular weight excluding hydrogens is 204 g/mol. The van der Waals surface area contributed by atoms with Crippen molar-refractivity contribution < 1.29 is 4.74 Å². The lowest BCUT2D eigenvalue weighted by Gasteiger charge is -2.13. The maximum Gasteiger partial charge on any atom is 0.0812 e. The predicted octanol–water partition coefficient (Wildman–Crippen LogP) is 3.81. The fourth-order valence-electron chi connectivity index (χ4n) is 2.19. The Balaban J connectivity index is 2.46. The van der Waals surface area contributed by atoms with Gasteiger partial charge in [0.2, 0.25) is 0 Å². The van der Waals surface area contributed by atoms with Gasteiger partial charge in [-0.1, -0.05) is 19.9 Å². The number of thiophene rings is 1. The minimum Gasteiger partial charge on any atom is -0.376 e. The molecule has 0 aliphatic carbocycles. The highest BCUT2D eigenvalue weighted by Crippen LogP contribution is 2.36. The van der Waals surface area contributed by atoms with Crippen LogP contribution in [0.1, 0.15) is 41.1 Å². The van der Waals surface area contributed by atoms with Gasteiger partial charge in [-0.25, -0.2) is 0 Å². The number of aryl methyl sites for hydroxylation is 1. The molecule has 1 aromatic heterocycles. The normalized spacial score (nSPS) is 15.1. The Morgan fingerprint density at radius 1 is 1.53 bits per heavy atom. The maximum absolute atomic E-state index is 5.50. The van der Waals surface area contributed by atoms with E-state index in [1.54, 1.807) is 0 Å². The second-order valence-electron chi connectivity index (χ2n) is 4.13. The molecule has 2 heterocycles. The molecule has 15 heavy (non-hydrogen) atoms. The Morgan fingerprint density at radius 2 is 2.33 bits per heavy atom. The first kappa shape index (κ1) is 10.9. The first-order valence-electron chi connectivity index (χ1n) is 5.61. The molecule has 0 fully saturated rings. The summed E-state index contributed by atoms with van der Waals surface area (Å²) < 4.78 is 5.50. The highest BCUT2D eigenvalue weighted by molar-refractivity contribution is 7.12. The standard InChI is InChI=1S/C13H18OS/c1-4-5-11-13(9(2)3)10-6-7-14-8-12(10)15-11/h2,4-8H2,1,3H3. The van der Waals surface area contributed by atoms with Crippen molar-refractivity contribution >= 4 is 16.9 Å². The summed E-state index contributed by atoms with van der Waals surface area (Å²) in [4.78, 5) is 2.95. The number of allylic oxidation sites excluding steroid dienone is 1. The average molecular weight is 222 g/mol. The second kappa shape index (κ2) is 4.50. The van der Waals surface area contributed by atoms with Gasteiger partial charge >= 0.3 is 0 Å². The van der Waals surface area contributed by atoms with Crippen molar-refractivity contribution in [3.05, 3.63) is 27.5 Å². The van der Waals surface area contributed by atoms with Gasteiger partial charge in [0, 0.05) is 9.75 Å². The average Bonchev–Trinajstić information content (AvgIpc) is 2.56. The molecular formula is C13H18OS. The summed E-state index contributed by atoms with van der Waals surface area (Å²) in [6.07, 6.45) is 3.46. The van der Waals surface area contributed by atoms with Gasteiger partial charge in [0.05, 0.1) is 13.2 Å². The van der Waals surface area contributed by atoms with Crippen LogP contribution in [0.3, 0.4) is 0 Å². The zero-order valence-electron chi connectivity index (χ0n) is 9.56. The Hall–Kier alpha value is -0.600. The number of rotatable bonds is 3. The second-order valence-corrected chi connectivity index (χ2v) is 5.32. The third-order valence-corrected chi connectivity index (χ3v) is 4.06. The van der Waals surface area contributed by atoms with Crippen molar-refractivity contribution in [2.75, 3.05) is 6.61 Å². The molecule has 0 N–H and O–H groups in total. The van der Waals surface area contributed by atoms with Gasteiger partial charge in [-0.15, -0.1) is 11.3 Å². The van der Waals surface area contributed by atoms with E-state index >= 15 is 0 Å². The number of hydrogen-bond acceptors (Lipinski definition) is 2. The van der Waals surface area contributed by atoms with E-state index < -0.39 is 0 Å². The summed E-state index contributed by atoms with van der Waals surface area (Å²) in [5.41, 5.74) is 4.18. The van der Waals surface area contributed by atoms with Gasteiger partial charge < -0.3 is 4.74 Å². The van der Waals surface area contributed by atoms with Gasteiger partial charge in [0.1, 0.15) is 0 Å². The van der Waals surface area contributed by atoms with E-state index in [0.29, 0.717) is 0 Å². The lowest BCUT2D eigenvalue weighted by Crippen LogP contribution is -2.08. The molecule has 0 amide bonds. The minimum atomic E-state index is 0.810. The van der Waals surface area contributed by atoms with E-state index in [2.05, 4.69) is 20.4 Å². The molecule has 2 heteroatoms. The van der Waals surface area contributed by atoms with E-state index in [4.69, 9.17) is 4.74 Å². The van der Waals surface area contributed by atoms with Crippen LogP contribution in [0, 0.1) is 0 Å². The van der Waals surface area contributed by atoms with E-state index in [-0.39, 0.29) is 0 Å². The molecule has 0 aromatic carbocycles. The van der Waals surface area contributed by atoms with Crippen molar-refractivity contribution in [2.24, 2.45) is 0 Å². The number of fused-ring (bicyclic) bond motifs is 1. The van der Waals surface area contributed by atoms with Crippen LogP contribution in [0.5, 0.6) is 0 Å². The van der Waals surface area contributed by atoms with E-state index in [1.807, 2.05) is 11.3 Å². The molecule has 1 nitrogen and oxygen atoms in total. The fourth-order valence-corrected chi connectivity index (χ4v) is 3.66. The van der Waals surface area contributed by atoms with Crippen LogP contribution in [0.25, 0.3) is 5.57 Å². The topological polar surface area (TPSA) is 9.23 Å². The highest BCUT2D eigenvalue weighted by Gasteiger charge is 2.20. The zero-order valence-corrected chi connectivity index (χ0v) is 10.4. The van der Waals surface area contributed by atoms with Crippen molar-refractivity contribution in [1.29, 1.82) is 0 Å². The minimum absolute atomic E-state index is 0.810. The van der Waals surface area contributed by atoms with Crippen LogP contribution in [0.4, 0.5) is 0 Å². The number of ether oxygens (including phenoxy) is 1. The molecule has 1 aliphatic rings. The van der Waals surface area contributed by atoms with Crippen LogP contribution in [-0.2, 0) is 24.2 Å². The monoisotopic (exact) mass is 222 g/mol. The molecule has 2 rings (SSSR count). The Kier molecular flexibility index (Phi) is 3.27. The van der Waals surface area contributed by atoms with Crippen LogP contribution >= 0.6 is 11.3 Å². The summed E-state index contributed by atoms with van der Waals surface area (Å²) in [6.45, 7) is 10.2. The largest absolute Gasteiger partial charge is 0.376 e. The molecule has 0 unspecified atom stereocenters. The Bertz CT molecular complexity index is 376. The quantitative estimate of drug-likeness (QED) is 0.755. The summed E-state index contributed by atoms with van der Waals surface area (Å²) in [5.74, 6) is 0. The molecule has 0 radical (unpaired) electrons. The maximum atomic E-state index is 5.50. The molecule has 0 spiro atoms. The SMILES string of the molecule is C=C(C)c1c(CCC)sc2c1CCOC2. The van der Waals surface area contributed by atoms with E-state index in [1.165, 1.54) is 39.3 Å². The molecule has 0 saturated heterocycles. The highest BCUT2D eigenvalue weighted by atomic mass is 32.1. The summed E-state index contributed by atoms with van der Waals surface area (Å²) >= 11 is 1.93. The van der Waals surface area contributed by atoms with Gasteiger partial charge in [0.15, 0.2) is 0 Å². The fraction of sp³-hybridized carbons (Fsp3) is 0.538. The molecule has 82 valence electrons. The first-order chi connectivity index (χ1) is 7.24. The lowest BCUT2D eigenvalue weighted by atomic mass is 9.98. The summed E-state index contributed by atoms with van der Waals surface area (Å²) in [5, 5.41) is 0. The lowest BCUT2D eigenvalue weighted by molar-refractivity contribution is 0.113. The third-order valence-electron chi connectivity index (χ3n) is 2.80. The van der Waals surface area contributed by atoms with Gasteiger partial charge in [-0.05, 0) is 36.5 Å². The van der Waals surface area contributed by atoms with Gasteiger partial charge in [-0.2, -0.15) is 0 Å². The molecule has 0 saturated carbocycles. The van der Waals surface area contributed by atoms with Crippen LogP contribution in [0.2, 0.25) is 0 Å². The van der Waals surface area contributed by atoms with Gasteiger partial charge in [0.25, 0.3) is 0 Å². The Morgan fingerprint density at radius 3 is 3.00 bits per heavy atom. The van der Waals surface area contributed by atoms with Crippen molar-refractivity contribution in [1.82, 2.24) is 0 Å². The summed E-state index contributed by atoms with van der Waals surface area (Å²) in [7, 11) is 0. The first-order valence-corrected chi connectivity index (χ1v) is 6.42. The Labute approximate surface area is 95.8 Å².